The number of rotatable bonds is 8. The Bertz CT molecular complexity index is 1130. The molecule has 0 saturated heterocycles. The smallest absolute Gasteiger partial charge is 0.406 e. The SMILES string of the molecule is N=C(c1cccc(OC(F)(F)F)c1)c1cc(NC(=O)C(CCN)c2ccccc2)ccc1N. The average molecular weight is 456 g/mol. The number of hydrogen-bond acceptors (Lipinski definition) is 5. The fourth-order valence-electron chi connectivity index (χ4n) is 3.39. The van der Waals surface area contributed by atoms with Gasteiger partial charge in [-0.15, -0.1) is 13.2 Å². The Morgan fingerprint density at radius 3 is 2.42 bits per heavy atom. The molecule has 1 amide bonds. The fourth-order valence-corrected chi connectivity index (χ4v) is 3.39. The summed E-state index contributed by atoms with van der Waals surface area (Å²) in [6.07, 6.45) is -4.40. The van der Waals surface area contributed by atoms with E-state index >= 15 is 0 Å². The van der Waals surface area contributed by atoms with Gasteiger partial charge < -0.3 is 21.5 Å². The molecule has 0 saturated carbocycles. The summed E-state index contributed by atoms with van der Waals surface area (Å²) in [6, 6.07) is 18.9. The number of anilines is 2. The molecule has 3 aromatic carbocycles. The molecule has 9 heteroatoms. The lowest BCUT2D eigenvalue weighted by Gasteiger charge is -2.18. The van der Waals surface area contributed by atoms with Crippen LogP contribution in [0.25, 0.3) is 0 Å². The third-order valence-corrected chi connectivity index (χ3v) is 4.92. The molecule has 0 spiro atoms. The average Bonchev–Trinajstić information content (AvgIpc) is 2.78. The van der Waals surface area contributed by atoms with E-state index in [-0.39, 0.29) is 28.4 Å². The first kappa shape index (κ1) is 23.8. The van der Waals surface area contributed by atoms with Crippen LogP contribution in [0.3, 0.4) is 0 Å². The first-order valence-corrected chi connectivity index (χ1v) is 10.1. The van der Waals surface area contributed by atoms with Crippen molar-refractivity contribution in [3.63, 3.8) is 0 Å². The van der Waals surface area contributed by atoms with Crippen LogP contribution in [0.2, 0.25) is 0 Å². The molecule has 33 heavy (non-hydrogen) atoms. The number of carbonyl (C=O) groups is 1. The van der Waals surface area contributed by atoms with Crippen LogP contribution >= 0.6 is 0 Å². The molecular formula is C24H23F3N4O2. The van der Waals surface area contributed by atoms with E-state index < -0.39 is 18.0 Å². The second-order valence-corrected chi connectivity index (χ2v) is 7.28. The molecule has 6 nitrogen and oxygen atoms in total. The minimum absolute atomic E-state index is 0.113. The van der Waals surface area contributed by atoms with E-state index in [1.165, 1.54) is 24.3 Å². The summed E-state index contributed by atoms with van der Waals surface area (Å²) in [5.74, 6) is -1.18. The molecule has 0 aliphatic carbocycles. The van der Waals surface area contributed by atoms with Crippen LogP contribution in [-0.2, 0) is 4.79 Å². The van der Waals surface area contributed by atoms with Crippen LogP contribution in [0.4, 0.5) is 24.5 Å². The van der Waals surface area contributed by atoms with Gasteiger partial charge in [-0.05, 0) is 48.9 Å². The second kappa shape index (κ2) is 10.2. The van der Waals surface area contributed by atoms with Gasteiger partial charge in [-0.25, -0.2) is 0 Å². The zero-order chi connectivity index (χ0) is 24.0. The highest BCUT2D eigenvalue weighted by molar-refractivity contribution is 6.14. The van der Waals surface area contributed by atoms with Gasteiger partial charge in [0.1, 0.15) is 5.75 Å². The van der Waals surface area contributed by atoms with Gasteiger partial charge in [0, 0.05) is 22.5 Å². The number of halogens is 3. The van der Waals surface area contributed by atoms with Gasteiger partial charge >= 0.3 is 6.36 Å². The molecule has 172 valence electrons. The predicted molar refractivity (Wildman–Crippen MR) is 121 cm³/mol. The lowest BCUT2D eigenvalue weighted by Crippen LogP contribution is -2.23. The van der Waals surface area contributed by atoms with Crippen LogP contribution in [0.5, 0.6) is 5.75 Å². The fraction of sp³-hybridized carbons (Fsp3) is 0.167. The summed E-state index contributed by atoms with van der Waals surface area (Å²) in [5.41, 5.74) is 13.5. The van der Waals surface area contributed by atoms with Crippen molar-refractivity contribution >= 4 is 23.0 Å². The lowest BCUT2D eigenvalue weighted by molar-refractivity contribution is -0.274. The molecule has 0 heterocycles. The molecule has 0 fully saturated rings. The quantitative estimate of drug-likeness (QED) is 0.292. The molecule has 1 unspecified atom stereocenters. The summed E-state index contributed by atoms with van der Waals surface area (Å²) in [6.45, 7) is 0.320. The molecule has 0 aliphatic heterocycles. The zero-order valence-electron chi connectivity index (χ0n) is 17.5. The normalized spacial score (nSPS) is 12.1. The molecule has 0 aromatic heterocycles. The number of nitrogens with one attached hydrogen (secondary N) is 2. The standard InChI is InChI=1S/C24H23F3N4O2/c25-24(26,27)33-18-8-4-7-16(13-18)22(30)20-14-17(9-10-21(20)29)31-23(32)19(11-12-28)15-5-2-1-3-6-15/h1-10,13-14,19,30H,11-12,28-29H2,(H,31,32). The number of alkyl halides is 3. The van der Waals surface area contributed by atoms with E-state index in [4.69, 9.17) is 16.9 Å². The minimum Gasteiger partial charge on any atom is -0.406 e. The first-order valence-electron chi connectivity index (χ1n) is 10.1. The van der Waals surface area contributed by atoms with Gasteiger partial charge in [0.15, 0.2) is 0 Å². The topological polar surface area (TPSA) is 114 Å². The number of hydrogen-bond donors (Lipinski definition) is 4. The van der Waals surface area contributed by atoms with Crippen molar-refractivity contribution in [2.45, 2.75) is 18.7 Å². The summed E-state index contributed by atoms with van der Waals surface area (Å²) < 4.78 is 41.5. The van der Waals surface area contributed by atoms with E-state index in [1.54, 1.807) is 6.07 Å². The van der Waals surface area contributed by atoms with Crippen LogP contribution in [0.15, 0.2) is 72.8 Å². The van der Waals surface area contributed by atoms with Crippen molar-refractivity contribution < 1.29 is 22.7 Å². The number of amides is 1. The Morgan fingerprint density at radius 1 is 1.03 bits per heavy atom. The largest absolute Gasteiger partial charge is 0.573 e. The van der Waals surface area contributed by atoms with Crippen molar-refractivity contribution in [2.75, 3.05) is 17.6 Å². The molecule has 3 rings (SSSR count). The third kappa shape index (κ3) is 6.33. The molecule has 1 atom stereocenters. The Kier molecular flexibility index (Phi) is 7.34. The number of carbonyl (C=O) groups excluding carboxylic acids is 1. The van der Waals surface area contributed by atoms with Crippen molar-refractivity contribution in [3.05, 3.63) is 89.5 Å². The molecule has 3 aromatic rings. The zero-order valence-corrected chi connectivity index (χ0v) is 17.5. The molecule has 6 N–H and O–H groups in total. The Labute approximate surface area is 188 Å². The second-order valence-electron chi connectivity index (χ2n) is 7.28. The molecule has 0 aliphatic rings. The highest BCUT2D eigenvalue weighted by Crippen LogP contribution is 2.27. The van der Waals surface area contributed by atoms with E-state index in [0.717, 1.165) is 17.7 Å². The predicted octanol–water partition coefficient (Wildman–Crippen LogP) is 4.65. The van der Waals surface area contributed by atoms with Gasteiger partial charge in [0.2, 0.25) is 5.91 Å². The third-order valence-electron chi connectivity index (χ3n) is 4.92. The van der Waals surface area contributed by atoms with Gasteiger partial charge in [0.25, 0.3) is 0 Å². The monoisotopic (exact) mass is 456 g/mol. The Hall–Kier alpha value is -3.85. The minimum atomic E-state index is -4.84. The van der Waals surface area contributed by atoms with Crippen LogP contribution in [-0.4, -0.2) is 24.5 Å². The summed E-state index contributed by atoms with van der Waals surface area (Å²) in [7, 11) is 0. The van der Waals surface area contributed by atoms with Crippen LogP contribution < -0.4 is 21.5 Å². The summed E-state index contributed by atoms with van der Waals surface area (Å²) in [4.78, 5) is 12.9. The van der Waals surface area contributed by atoms with Gasteiger partial charge in [-0.3, -0.25) is 10.2 Å². The van der Waals surface area contributed by atoms with Crippen LogP contribution in [0.1, 0.15) is 29.0 Å². The molecule has 0 radical (unpaired) electrons. The van der Waals surface area contributed by atoms with Crippen molar-refractivity contribution in [1.29, 1.82) is 5.41 Å². The highest BCUT2D eigenvalue weighted by atomic mass is 19.4. The Balaban J connectivity index is 1.84. The highest BCUT2D eigenvalue weighted by Gasteiger charge is 2.31. The lowest BCUT2D eigenvalue weighted by atomic mass is 9.94. The first-order chi connectivity index (χ1) is 15.7. The summed E-state index contributed by atoms with van der Waals surface area (Å²) in [5, 5.41) is 11.3. The number of nitrogens with two attached hydrogens (primary N) is 2. The van der Waals surface area contributed by atoms with E-state index in [2.05, 4.69) is 10.1 Å². The van der Waals surface area contributed by atoms with Crippen molar-refractivity contribution in [3.8, 4) is 5.75 Å². The van der Waals surface area contributed by atoms with Gasteiger partial charge in [-0.1, -0.05) is 42.5 Å². The van der Waals surface area contributed by atoms with Crippen molar-refractivity contribution in [2.24, 2.45) is 5.73 Å². The Morgan fingerprint density at radius 2 is 1.76 bits per heavy atom. The van der Waals surface area contributed by atoms with Crippen molar-refractivity contribution in [1.82, 2.24) is 0 Å². The number of nitrogen functional groups attached to an aromatic ring is 1. The number of ether oxygens (including phenoxy) is 1. The van der Waals surface area contributed by atoms with Gasteiger partial charge in [0.05, 0.1) is 11.6 Å². The maximum absolute atomic E-state index is 12.9. The van der Waals surface area contributed by atoms with E-state index in [0.29, 0.717) is 18.7 Å². The summed E-state index contributed by atoms with van der Waals surface area (Å²) >= 11 is 0. The maximum atomic E-state index is 12.9. The maximum Gasteiger partial charge on any atom is 0.573 e. The van der Waals surface area contributed by atoms with E-state index in [1.807, 2.05) is 30.3 Å². The van der Waals surface area contributed by atoms with E-state index in [9.17, 15) is 18.0 Å². The molecular weight excluding hydrogens is 433 g/mol. The van der Waals surface area contributed by atoms with Crippen LogP contribution in [0, 0.1) is 5.41 Å². The molecule has 0 bridgehead atoms. The van der Waals surface area contributed by atoms with Gasteiger partial charge in [-0.2, -0.15) is 0 Å². The number of benzene rings is 3.